The van der Waals surface area contributed by atoms with E-state index in [4.69, 9.17) is 9.47 Å². The average molecular weight is 269 g/mol. The van der Waals surface area contributed by atoms with Gasteiger partial charge >= 0.3 is 5.69 Å². The number of nitro groups is 1. The fourth-order valence-corrected chi connectivity index (χ4v) is 2.10. The lowest BCUT2D eigenvalue weighted by Gasteiger charge is -2.10. The summed E-state index contributed by atoms with van der Waals surface area (Å²) in [4.78, 5) is 9.70. The fraction of sp³-hybridized carbons (Fsp3) is 0.538. The summed E-state index contributed by atoms with van der Waals surface area (Å²) in [5, 5.41) is 10.5. The second-order valence-electron chi connectivity index (χ2n) is 4.50. The molecule has 1 fully saturated rings. The molecule has 1 saturated heterocycles. The molecule has 0 N–H and O–H groups in total. The summed E-state index contributed by atoms with van der Waals surface area (Å²) < 4.78 is 24.2. The topological polar surface area (TPSA) is 61.6 Å². The second-order valence-corrected chi connectivity index (χ2v) is 4.50. The fourth-order valence-electron chi connectivity index (χ4n) is 2.10. The van der Waals surface area contributed by atoms with Crippen molar-refractivity contribution in [2.24, 2.45) is 0 Å². The Morgan fingerprint density at radius 2 is 2.37 bits per heavy atom. The second kappa shape index (κ2) is 6.47. The van der Waals surface area contributed by atoms with Crippen LogP contribution in [0.15, 0.2) is 18.2 Å². The summed E-state index contributed by atoms with van der Waals surface area (Å²) in [6.07, 6.45) is 4.27. The van der Waals surface area contributed by atoms with Gasteiger partial charge in [0.15, 0.2) is 0 Å². The van der Waals surface area contributed by atoms with Gasteiger partial charge in [-0.15, -0.1) is 0 Å². The summed E-state index contributed by atoms with van der Waals surface area (Å²) in [5.41, 5.74) is -0.535. The lowest BCUT2D eigenvalue weighted by atomic mass is 10.1. The third kappa shape index (κ3) is 3.89. The van der Waals surface area contributed by atoms with E-state index in [1.165, 1.54) is 6.07 Å². The third-order valence-corrected chi connectivity index (χ3v) is 3.08. The number of nitrogens with zero attached hydrogens (tertiary/aromatic N) is 1. The van der Waals surface area contributed by atoms with Crippen LogP contribution >= 0.6 is 0 Å². The standard InChI is InChI=1S/C13H16FNO4/c14-12-9-11(5-6-13(12)15(16)17)19-8-2-4-10-3-1-7-18-10/h5-6,9-10H,1-4,7-8H2. The minimum absolute atomic E-state index is 0.315. The molecule has 0 bridgehead atoms. The molecule has 0 aliphatic carbocycles. The first-order valence-electron chi connectivity index (χ1n) is 6.35. The first-order valence-corrected chi connectivity index (χ1v) is 6.35. The maximum absolute atomic E-state index is 13.3. The zero-order valence-electron chi connectivity index (χ0n) is 10.5. The highest BCUT2D eigenvalue weighted by atomic mass is 19.1. The van der Waals surface area contributed by atoms with Crippen LogP contribution < -0.4 is 4.74 Å². The van der Waals surface area contributed by atoms with Crippen molar-refractivity contribution in [1.29, 1.82) is 0 Å². The molecule has 1 aliphatic rings. The van der Waals surface area contributed by atoms with Crippen molar-refractivity contribution in [1.82, 2.24) is 0 Å². The van der Waals surface area contributed by atoms with Crippen LogP contribution in [-0.2, 0) is 4.74 Å². The minimum atomic E-state index is -0.873. The van der Waals surface area contributed by atoms with E-state index in [0.717, 1.165) is 44.4 Å². The van der Waals surface area contributed by atoms with E-state index in [-0.39, 0.29) is 0 Å². The number of ether oxygens (including phenoxy) is 2. The monoisotopic (exact) mass is 269 g/mol. The highest BCUT2D eigenvalue weighted by Crippen LogP contribution is 2.23. The molecule has 5 nitrogen and oxygen atoms in total. The Labute approximate surface area is 110 Å². The molecule has 0 radical (unpaired) electrons. The van der Waals surface area contributed by atoms with E-state index in [2.05, 4.69) is 0 Å². The molecule has 1 atom stereocenters. The first kappa shape index (κ1) is 13.7. The van der Waals surface area contributed by atoms with Gasteiger partial charge < -0.3 is 9.47 Å². The van der Waals surface area contributed by atoms with Gasteiger partial charge in [-0.1, -0.05) is 0 Å². The molecule has 0 amide bonds. The maximum Gasteiger partial charge on any atom is 0.305 e. The number of hydrogen-bond acceptors (Lipinski definition) is 4. The number of halogens is 1. The van der Waals surface area contributed by atoms with E-state index in [0.29, 0.717) is 18.5 Å². The van der Waals surface area contributed by atoms with Crippen LogP contribution in [0.2, 0.25) is 0 Å². The smallest absolute Gasteiger partial charge is 0.305 e. The van der Waals surface area contributed by atoms with Crippen LogP contribution in [0.3, 0.4) is 0 Å². The molecule has 104 valence electrons. The lowest BCUT2D eigenvalue weighted by molar-refractivity contribution is -0.387. The molecule has 19 heavy (non-hydrogen) atoms. The van der Waals surface area contributed by atoms with E-state index < -0.39 is 16.4 Å². The van der Waals surface area contributed by atoms with Crippen molar-refractivity contribution in [3.8, 4) is 5.75 Å². The zero-order valence-corrected chi connectivity index (χ0v) is 10.5. The van der Waals surface area contributed by atoms with Gasteiger partial charge in [0.1, 0.15) is 5.75 Å². The van der Waals surface area contributed by atoms with Crippen LogP contribution in [0.5, 0.6) is 5.75 Å². The summed E-state index contributed by atoms with van der Waals surface area (Å²) in [5.74, 6) is -0.558. The Bertz CT molecular complexity index is 446. The molecular weight excluding hydrogens is 253 g/mol. The van der Waals surface area contributed by atoms with Crippen LogP contribution in [-0.4, -0.2) is 24.2 Å². The molecule has 6 heteroatoms. The quantitative estimate of drug-likeness (QED) is 0.452. The van der Waals surface area contributed by atoms with Gasteiger partial charge in [-0.3, -0.25) is 10.1 Å². The lowest BCUT2D eigenvalue weighted by Crippen LogP contribution is -2.07. The highest BCUT2D eigenvalue weighted by molar-refractivity contribution is 5.37. The number of benzene rings is 1. The van der Waals surface area contributed by atoms with E-state index >= 15 is 0 Å². The Morgan fingerprint density at radius 1 is 1.53 bits per heavy atom. The predicted octanol–water partition coefficient (Wildman–Crippen LogP) is 3.07. The van der Waals surface area contributed by atoms with Crippen molar-refractivity contribution in [2.75, 3.05) is 13.2 Å². The van der Waals surface area contributed by atoms with Gasteiger partial charge in [0.2, 0.25) is 5.82 Å². The van der Waals surface area contributed by atoms with Gasteiger partial charge in [-0.2, -0.15) is 4.39 Å². The molecule has 1 aromatic carbocycles. The van der Waals surface area contributed by atoms with Crippen molar-refractivity contribution in [3.63, 3.8) is 0 Å². The summed E-state index contributed by atoms with van der Waals surface area (Å²) in [7, 11) is 0. The van der Waals surface area contributed by atoms with Gasteiger partial charge in [0.25, 0.3) is 0 Å². The number of rotatable bonds is 6. The molecule has 0 spiro atoms. The van der Waals surface area contributed by atoms with Crippen LogP contribution in [0.4, 0.5) is 10.1 Å². The number of nitro benzene ring substituents is 1. The normalized spacial score (nSPS) is 18.5. The Hall–Kier alpha value is -1.69. The van der Waals surface area contributed by atoms with Crippen LogP contribution in [0.25, 0.3) is 0 Å². The largest absolute Gasteiger partial charge is 0.493 e. The highest BCUT2D eigenvalue weighted by Gasteiger charge is 2.16. The van der Waals surface area contributed by atoms with Gasteiger partial charge in [0.05, 0.1) is 17.6 Å². The van der Waals surface area contributed by atoms with Crippen molar-refractivity contribution < 1.29 is 18.8 Å². The Morgan fingerprint density at radius 3 is 3.00 bits per heavy atom. The third-order valence-electron chi connectivity index (χ3n) is 3.08. The molecule has 1 aliphatic heterocycles. The first-order chi connectivity index (χ1) is 9.16. The summed E-state index contributed by atoms with van der Waals surface area (Å²) >= 11 is 0. The van der Waals surface area contributed by atoms with Crippen molar-refractivity contribution in [3.05, 3.63) is 34.1 Å². The zero-order chi connectivity index (χ0) is 13.7. The average Bonchev–Trinajstić information content (AvgIpc) is 2.87. The maximum atomic E-state index is 13.3. The molecule has 1 unspecified atom stereocenters. The predicted molar refractivity (Wildman–Crippen MR) is 66.8 cm³/mol. The SMILES string of the molecule is O=[N+]([O-])c1ccc(OCCCC2CCCO2)cc1F. The van der Waals surface area contributed by atoms with Crippen molar-refractivity contribution in [2.45, 2.75) is 31.8 Å². The molecule has 2 rings (SSSR count). The summed E-state index contributed by atoms with van der Waals surface area (Å²) in [6.45, 7) is 1.29. The van der Waals surface area contributed by atoms with E-state index in [9.17, 15) is 14.5 Å². The Kier molecular flexibility index (Phi) is 4.68. The van der Waals surface area contributed by atoms with Crippen LogP contribution in [0, 0.1) is 15.9 Å². The Balaban J connectivity index is 1.76. The van der Waals surface area contributed by atoms with Crippen molar-refractivity contribution >= 4 is 5.69 Å². The van der Waals surface area contributed by atoms with Gasteiger partial charge in [-0.25, -0.2) is 0 Å². The minimum Gasteiger partial charge on any atom is -0.493 e. The summed E-state index contributed by atoms with van der Waals surface area (Å²) in [6, 6.07) is 3.57. The molecule has 0 aromatic heterocycles. The molecular formula is C13H16FNO4. The van der Waals surface area contributed by atoms with Gasteiger partial charge in [0, 0.05) is 18.7 Å². The van der Waals surface area contributed by atoms with E-state index in [1.54, 1.807) is 0 Å². The molecule has 1 heterocycles. The van der Waals surface area contributed by atoms with Crippen LogP contribution in [0.1, 0.15) is 25.7 Å². The van der Waals surface area contributed by atoms with E-state index in [1.807, 2.05) is 0 Å². The molecule has 0 saturated carbocycles. The van der Waals surface area contributed by atoms with Gasteiger partial charge in [-0.05, 0) is 31.7 Å². The number of hydrogen-bond donors (Lipinski definition) is 0. The molecule has 1 aromatic rings.